The van der Waals surface area contributed by atoms with Gasteiger partial charge in [0, 0.05) is 6.20 Å². The second-order valence-corrected chi connectivity index (χ2v) is 4.25. The lowest BCUT2D eigenvalue weighted by atomic mass is 10.3. The topological polar surface area (TPSA) is 36.7 Å². The van der Waals surface area contributed by atoms with Gasteiger partial charge in [-0.05, 0) is 18.2 Å². The summed E-state index contributed by atoms with van der Waals surface area (Å²) in [6.07, 6.45) is 3.92. The molecular formula is C10H11ClN2S. The summed E-state index contributed by atoms with van der Waals surface area (Å²) in [7, 11) is 0. The van der Waals surface area contributed by atoms with E-state index in [4.69, 9.17) is 16.9 Å². The van der Waals surface area contributed by atoms with Gasteiger partial charge in [0.1, 0.15) is 11.1 Å². The van der Waals surface area contributed by atoms with Gasteiger partial charge >= 0.3 is 0 Å². The van der Waals surface area contributed by atoms with E-state index in [2.05, 4.69) is 11.9 Å². The molecule has 0 fully saturated rings. The predicted octanol–water partition coefficient (Wildman–Crippen LogP) is 3.50. The van der Waals surface area contributed by atoms with Crippen LogP contribution in [-0.2, 0) is 0 Å². The Balaban J connectivity index is 2.73. The zero-order valence-electron chi connectivity index (χ0n) is 7.96. The van der Waals surface area contributed by atoms with Crippen LogP contribution in [0.5, 0.6) is 0 Å². The summed E-state index contributed by atoms with van der Waals surface area (Å²) in [5, 5.41) is 9.99. The van der Waals surface area contributed by atoms with Crippen molar-refractivity contribution in [1.82, 2.24) is 4.98 Å². The van der Waals surface area contributed by atoms with Crippen LogP contribution in [0.2, 0.25) is 5.02 Å². The summed E-state index contributed by atoms with van der Waals surface area (Å²) in [5.74, 6) is 0.998. The van der Waals surface area contributed by atoms with Crippen LogP contribution < -0.4 is 0 Å². The van der Waals surface area contributed by atoms with Gasteiger partial charge < -0.3 is 0 Å². The number of nitrogens with zero attached hydrogens (tertiary/aromatic N) is 2. The summed E-state index contributed by atoms with van der Waals surface area (Å²) >= 11 is 7.59. The first-order valence-corrected chi connectivity index (χ1v) is 5.83. The number of hydrogen-bond donors (Lipinski definition) is 0. The lowest BCUT2D eigenvalue weighted by Gasteiger charge is -2.02. The molecule has 0 N–H and O–H groups in total. The highest BCUT2D eigenvalue weighted by molar-refractivity contribution is 7.99. The minimum atomic E-state index is 0.483. The van der Waals surface area contributed by atoms with Crippen LogP contribution in [0.25, 0.3) is 0 Å². The van der Waals surface area contributed by atoms with Crippen molar-refractivity contribution in [3.8, 4) is 6.07 Å². The Kier molecular flexibility index (Phi) is 4.78. The third-order valence-electron chi connectivity index (χ3n) is 1.71. The molecule has 0 aliphatic rings. The summed E-state index contributed by atoms with van der Waals surface area (Å²) in [4.78, 5) is 4.14. The lowest BCUT2D eigenvalue weighted by molar-refractivity contribution is 0.894. The van der Waals surface area contributed by atoms with Crippen LogP contribution in [0, 0.1) is 11.3 Å². The molecule has 0 aliphatic heterocycles. The monoisotopic (exact) mass is 226 g/mol. The Morgan fingerprint density at radius 3 is 3.07 bits per heavy atom. The first kappa shape index (κ1) is 11.4. The number of thioether (sulfide) groups is 1. The minimum Gasteiger partial charge on any atom is -0.248 e. The number of unbranched alkanes of at least 4 members (excludes halogenated alkanes) is 1. The molecule has 0 aliphatic carbocycles. The number of pyridine rings is 1. The van der Waals surface area contributed by atoms with Gasteiger partial charge in [0.25, 0.3) is 0 Å². The summed E-state index contributed by atoms with van der Waals surface area (Å²) in [6.45, 7) is 2.14. The predicted molar refractivity (Wildman–Crippen MR) is 59.6 cm³/mol. The number of rotatable bonds is 4. The molecule has 74 valence electrons. The Morgan fingerprint density at radius 2 is 2.43 bits per heavy atom. The number of nitriles is 1. The molecule has 1 aromatic heterocycles. The molecule has 1 aromatic rings. The second kappa shape index (κ2) is 5.90. The molecule has 1 rings (SSSR count). The van der Waals surface area contributed by atoms with Gasteiger partial charge in [-0.1, -0.05) is 24.9 Å². The Hall–Kier alpha value is -0.720. The van der Waals surface area contributed by atoms with E-state index in [0.717, 1.165) is 23.6 Å². The molecule has 0 saturated heterocycles. The highest BCUT2D eigenvalue weighted by atomic mass is 35.5. The molecule has 1 heterocycles. The van der Waals surface area contributed by atoms with Crippen molar-refractivity contribution < 1.29 is 0 Å². The fraction of sp³-hybridized carbons (Fsp3) is 0.400. The molecular weight excluding hydrogens is 216 g/mol. The van der Waals surface area contributed by atoms with Crippen molar-refractivity contribution >= 4 is 23.4 Å². The maximum atomic E-state index is 8.74. The van der Waals surface area contributed by atoms with E-state index in [9.17, 15) is 0 Å². The summed E-state index contributed by atoms with van der Waals surface area (Å²) in [5.41, 5.74) is 0.501. The van der Waals surface area contributed by atoms with Gasteiger partial charge in [-0.2, -0.15) is 5.26 Å². The third kappa shape index (κ3) is 2.90. The lowest BCUT2D eigenvalue weighted by Crippen LogP contribution is -1.87. The Bertz CT molecular complexity index is 346. The standard InChI is InChI=1S/C10H11ClN2S/c1-2-3-6-14-10-9(11)8(7-12)4-5-13-10/h4-5H,2-3,6H2,1H3. The smallest absolute Gasteiger partial charge is 0.116 e. The van der Waals surface area contributed by atoms with Gasteiger partial charge in [-0.15, -0.1) is 11.8 Å². The fourth-order valence-corrected chi connectivity index (χ4v) is 2.24. The number of aromatic nitrogens is 1. The van der Waals surface area contributed by atoms with Crippen molar-refractivity contribution in [2.24, 2.45) is 0 Å². The maximum Gasteiger partial charge on any atom is 0.116 e. The van der Waals surface area contributed by atoms with Crippen molar-refractivity contribution in [1.29, 1.82) is 5.26 Å². The van der Waals surface area contributed by atoms with Crippen molar-refractivity contribution in [2.75, 3.05) is 5.75 Å². The molecule has 0 unspecified atom stereocenters. The fourth-order valence-electron chi connectivity index (χ4n) is 0.925. The number of halogens is 1. The van der Waals surface area contributed by atoms with Gasteiger partial charge in [0.05, 0.1) is 10.6 Å². The largest absolute Gasteiger partial charge is 0.248 e. The molecule has 0 saturated carbocycles. The van der Waals surface area contributed by atoms with E-state index in [1.807, 2.05) is 6.07 Å². The Labute approximate surface area is 93.3 Å². The maximum absolute atomic E-state index is 8.74. The van der Waals surface area contributed by atoms with Crippen LogP contribution in [0.1, 0.15) is 25.3 Å². The molecule has 0 bridgehead atoms. The normalized spacial score (nSPS) is 9.79. The average Bonchev–Trinajstić information content (AvgIpc) is 2.21. The van der Waals surface area contributed by atoms with Crippen molar-refractivity contribution in [3.05, 3.63) is 22.8 Å². The second-order valence-electron chi connectivity index (χ2n) is 2.79. The van der Waals surface area contributed by atoms with Crippen LogP contribution in [-0.4, -0.2) is 10.7 Å². The highest BCUT2D eigenvalue weighted by Gasteiger charge is 2.06. The molecule has 0 atom stereocenters. The van der Waals surface area contributed by atoms with E-state index in [0.29, 0.717) is 10.6 Å². The van der Waals surface area contributed by atoms with Crippen molar-refractivity contribution in [3.63, 3.8) is 0 Å². The quantitative estimate of drug-likeness (QED) is 0.583. The zero-order valence-corrected chi connectivity index (χ0v) is 9.53. The van der Waals surface area contributed by atoms with Crippen LogP contribution in [0.4, 0.5) is 0 Å². The minimum absolute atomic E-state index is 0.483. The van der Waals surface area contributed by atoms with E-state index in [1.54, 1.807) is 24.0 Å². The van der Waals surface area contributed by atoms with E-state index >= 15 is 0 Å². The molecule has 0 spiro atoms. The van der Waals surface area contributed by atoms with Crippen LogP contribution in [0.3, 0.4) is 0 Å². The van der Waals surface area contributed by atoms with Crippen LogP contribution in [0.15, 0.2) is 17.3 Å². The molecule has 14 heavy (non-hydrogen) atoms. The molecule has 2 nitrogen and oxygen atoms in total. The molecule has 0 amide bonds. The van der Waals surface area contributed by atoms with Crippen LogP contribution >= 0.6 is 23.4 Å². The average molecular weight is 227 g/mol. The highest BCUT2D eigenvalue weighted by Crippen LogP contribution is 2.27. The van der Waals surface area contributed by atoms with E-state index < -0.39 is 0 Å². The van der Waals surface area contributed by atoms with Crippen molar-refractivity contribution in [2.45, 2.75) is 24.8 Å². The Morgan fingerprint density at radius 1 is 1.64 bits per heavy atom. The third-order valence-corrected chi connectivity index (χ3v) is 3.28. The van der Waals surface area contributed by atoms with E-state index in [-0.39, 0.29) is 0 Å². The van der Waals surface area contributed by atoms with Gasteiger partial charge in [-0.25, -0.2) is 4.98 Å². The first-order valence-electron chi connectivity index (χ1n) is 4.47. The zero-order chi connectivity index (χ0) is 10.4. The summed E-state index contributed by atoms with van der Waals surface area (Å²) < 4.78 is 0. The molecule has 0 radical (unpaired) electrons. The SMILES string of the molecule is CCCCSc1nccc(C#N)c1Cl. The van der Waals surface area contributed by atoms with Gasteiger partial charge in [0.2, 0.25) is 0 Å². The molecule has 0 aromatic carbocycles. The van der Waals surface area contributed by atoms with Gasteiger partial charge in [0.15, 0.2) is 0 Å². The van der Waals surface area contributed by atoms with E-state index in [1.165, 1.54) is 0 Å². The molecule has 4 heteroatoms. The number of hydrogen-bond acceptors (Lipinski definition) is 3. The first-order chi connectivity index (χ1) is 6.79. The summed E-state index contributed by atoms with van der Waals surface area (Å²) in [6, 6.07) is 3.67. The van der Waals surface area contributed by atoms with Gasteiger partial charge in [-0.3, -0.25) is 0 Å².